The fourth-order valence-corrected chi connectivity index (χ4v) is 4.38. The summed E-state index contributed by atoms with van der Waals surface area (Å²) in [5.74, 6) is -0.450. The quantitative estimate of drug-likeness (QED) is 0.365. The zero-order chi connectivity index (χ0) is 25.8. The first-order valence-electron chi connectivity index (χ1n) is 11.8. The van der Waals surface area contributed by atoms with Gasteiger partial charge >= 0.3 is 0 Å². The molecule has 2 heterocycles. The van der Waals surface area contributed by atoms with E-state index in [-0.39, 0.29) is 53.3 Å². The number of hydrogen-bond acceptors (Lipinski definition) is 5. The minimum Gasteiger partial charge on any atom is -0.486 e. The second-order valence-corrected chi connectivity index (χ2v) is 9.59. The van der Waals surface area contributed by atoms with Gasteiger partial charge in [-0.2, -0.15) is 0 Å². The number of alkyl halides is 4. The Kier molecular flexibility index (Phi) is 6.12. The highest BCUT2D eigenvalue weighted by molar-refractivity contribution is 5.92. The molecule has 0 bridgehead atoms. The van der Waals surface area contributed by atoms with Crippen LogP contribution in [0.2, 0.25) is 0 Å². The SMILES string of the molecule is Cc1nc(N[C@H](C)c2cccc(C(F)F)c2F)c2cn(C3(C(F)F)CC3)c(=O)c(OCC3CC3)c2n1. The summed E-state index contributed by atoms with van der Waals surface area (Å²) >= 11 is 0. The highest BCUT2D eigenvalue weighted by atomic mass is 19.3. The number of nitrogens with one attached hydrogen (secondary N) is 1. The van der Waals surface area contributed by atoms with Gasteiger partial charge in [-0.05, 0) is 45.4 Å². The molecule has 1 aromatic carbocycles. The monoisotopic (exact) mass is 508 g/mol. The van der Waals surface area contributed by atoms with Crippen molar-refractivity contribution >= 4 is 16.7 Å². The van der Waals surface area contributed by atoms with Crippen molar-refractivity contribution in [1.82, 2.24) is 14.5 Å². The molecule has 2 aliphatic carbocycles. The molecule has 0 amide bonds. The van der Waals surface area contributed by atoms with Crippen molar-refractivity contribution in [2.45, 2.75) is 64.0 Å². The predicted octanol–water partition coefficient (Wildman–Crippen LogP) is 5.89. The van der Waals surface area contributed by atoms with Crippen LogP contribution in [-0.2, 0) is 5.54 Å². The Hall–Kier alpha value is -3.24. The Morgan fingerprint density at radius 3 is 2.47 bits per heavy atom. The van der Waals surface area contributed by atoms with E-state index in [1.807, 2.05) is 0 Å². The van der Waals surface area contributed by atoms with Crippen LogP contribution >= 0.6 is 0 Å². The van der Waals surface area contributed by atoms with Crippen molar-refractivity contribution in [3.63, 3.8) is 0 Å². The maximum Gasteiger partial charge on any atom is 0.295 e. The number of hydrogen-bond donors (Lipinski definition) is 1. The van der Waals surface area contributed by atoms with Crippen LogP contribution < -0.4 is 15.6 Å². The third-order valence-electron chi connectivity index (χ3n) is 6.87. The second kappa shape index (κ2) is 9.01. The highest BCUT2D eigenvalue weighted by Crippen LogP contribution is 2.48. The number of fused-ring (bicyclic) bond motifs is 1. The Balaban J connectivity index is 1.63. The van der Waals surface area contributed by atoms with Crippen LogP contribution in [0.1, 0.15) is 62.0 Å². The lowest BCUT2D eigenvalue weighted by molar-refractivity contribution is 0.0648. The summed E-state index contributed by atoms with van der Waals surface area (Å²) in [5, 5.41) is 3.25. The van der Waals surface area contributed by atoms with Gasteiger partial charge in [-0.1, -0.05) is 18.2 Å². The molecule has 2 aromatic heterocycles. The van der Waals surface area contributed by atoms with E-state index >= 15 is 0 Å². The summed E-state index contributed by atoms with van der Waals surface area (Å²) < 4.78 is 76.0. The third-order valence-corrected chi connectivity index (χ3v) is 6.87. The highest BCUT2D eigenvalue weighted by Gasteiger charge is 2.54. The average Bonchev–Trinajstić information content (AvgIpc) is 3.73. The molecular formula is C25H25F5N4O2. The molecule has 1 N–H and O–H groups in total. The normalized spacial score (nSPS) is 17.6. The zero-order valence-electron chi connectivity index (χ0n) is 19.7. The van der Waals surface area contributed by atoms with Gasteiger partial charge in [0.1, 0.15) is 28.5 Å². The van der Waals surface area contributed by atoms with Gasteiger partial charge < -0.3 is 10.1 Å². The average molecular weight is 508 g/mol. The number of halogens is 5. The minimum absolute atomic E-state index is 0.0120. The van der Waals surface area contributed by atoms with E-state index in [4.69, 9.17) is 4.74 Å². The molecule has 3 aromatic rings. The standard InChI is InChI=1S/C25H25F5N4O2/c1-12(15-4-3-5-16(18(15)26)21(27)28)31-22-17-10-34(25(8-9-25)24(29)30)23(35)20(36-11-14-6-7-14)19(17)32-13(2)33-22/h3-5,10,12,14,21,24H,6-9,11H2,1-2H3,(H,31,32,33)/t12-/m1/s1. The Morgan fingerprint density at radius 2 is 1.86 bits per heavy atom. The number of benzene rings is 1. The maximum absolute atomic E-state index is 14.8. The van der Waals surface area contributed by atoms with Crippen LogP contribution in [0.25, 0.3) is 10.9 Å². The van der Waals surface area contributed by atoms with Gasteiger partial charge in [0.2, 0.25) is 5.75 Å². The van der Waals surface area contributed by atoms with Crippen LogP contribution in [0.5, 0.6) is 5.75 Å². The van der Waals surface area contributed by atoms with Crippen LogP contribution in [0.3, 0.4) is 0 Å². The van der Waals surface area contributed by atoms with E-state index in [0.717, 1.165) is 23.5 Å². The lowest BCUT2D eigenvalue weighted by Crippen LogP contribution is -2.36. The number of ether oxygens (including phenoxy) is 1. The van der Waals surface area contributed by atoms with Gasteiger partial charge in [0.05, 0.1) is 23.6 Å². The lowest BCUT2D eigenvalue weighted by Gasteiger charge is -2.22. The van der Waals surface area contributed by atoms with Gasteiger partial charge in [-0.15, -0.1) is 0 Å². The van der Waals surface area contributed by atoms with E-state index in [0.29, 0.717) is 5.92 Å². The molecule has 0 radical (unpaired) electrons. The summed E-state index contributed by atoms with van der Waals surface area (Å²) in [5.41, 5.74) is -2.89. The molecule has 11 heteroatoms. The second-order valence-electron chi connectivity index (χ2n) is 9.59. The van der Waals surface area contributed by atoms with Crippen molar-refractivity contribution < 1.29 is 26.7 Å². The van der Waals surface area contributed by atoms with E-state index in [9.17, 15) is 26.7 Å². The number of aromatic nitrogens is 3. The number of rotatable bonds is 9. The first kappa shape index (κ1) is 24.5. The Bertz CT molecular complexity index is 1370. The first-order valence-corrected chi connectivity index (χ1v) is 11.8. The number of aryl methyl sites for hydroxylation is 1. The van der Waals surface area contributed by atoms with Crippen LogP contribution in [0.4, 0.5) is 27.8 Å². The van der Waals surface area contributed by atoms with E-state index in [2.05, 4.69) is 15.3 Å². The largest absolute Gasteiger partial charge is 0.486 e. The van der Waals surface area contributed by atoms with Gasteiger partial charge in [0.15, 0.2) is 0 Å². The lowest BCUT2D eigenvalue weighted by atomic mass is 10.0. The molecule has 0 spiro atoms. The van der Waals surface area contributed by atoms with E-state index in [1.165, 1.54) is 18.3 Å². The summed E-state index contributed by atoms with van der Waals surface area (Å²) in [6, 6.07) is 2.91. The molecule has 5 rings (SSSR count). The molecule has 0 saturated heterocycles. The summed E-state index contributed by atoms with van der Waals surface area (Å²) in [4.78, 5) is 22.1. The van der Waals surface area contributed by atoms with Gasteiger partial charge in [0.25, 0.3) is 18.4 Å². The van der Waals surface area contributed by atoms with Crippen molar-refractivity contribution in [3.05, 3.63) is 57.5 Å². The minimum atomic E-state index is -2.98. The molecule has 36 heavy (non-hydrogen) atoms. The molecule has 2 saturated carbocycles. The van der Waals surface area contributed by atoms with Crippen LogP contribution in [0, 0.1) is 18.7 Å². The molecule has 192 valence electrons. The zero-order valence-corrected chi connectivity index (χ0v) is 19.7. The fourth-order valence-electron chi connectivity index (χ4n) is 4.38. The van der Waals surface area contributed by atoms with Crippen molar-refractivity contribution in [2.24, 2.45) is 5.92 Å². The number of anilines is 1. The number of pyridine rings is 1. The molecule has 2 fully saturated rings. The maximum atomic E-state index is 14.8. The summed E-state index contributed by atoms with van der Waals surface area (Å²) in [7, 11) is 0. The van der Waals surface area contributed by atoms with Crippen molar-refractivity contribution in [1.29, 1.82) is 0 Å². The van der Waals surface area contributed by atoms with Crippen LogP contribution in [0.15, 0.2) is 29.2 Å². The van der Waals surface area contributed by atoms with Gasteiger partial charge in [-0.3, -0.25) is 9.36 Å². The Labute approximate surface area is 203 Å². The Morgan fingerprint density at radius 1 is 1.17 bits per heavy atom. The van der Waals surface area contributed by atoms with E-state index < -0.39 is 41.4 Å². The number of nitrogens with zero attached hydrogens (tertiary/aromatic N) is 3. The van der Waals surface area contributed by atoms with Crippen molar-refractivity contribution in [2.75, 3.05) is 11.9 Å². The molecule has 6 nitrogen and oxygen atoms in total. The van der Waals surface area contributed by atoms with Gasteiger partial charge in [0, 0.05) is 11.8 Å². The summed E-state index contributed by atoms with van der Waals surface area (Å²) in [6.07, 6.45) is -2.27. The van der Waals surface area contributed by atoms with Crippen molar-refractivity contribution in [3.8, 4) is 5.75 Å². The molecule has 0 aliphatic heterocycles. The van der Waals surface area contributed by atoms with Gasteiger partial charge in [-0.25, -0.2) is 31.9 Å². The van der Waals surface area contributed by atoms with E-state index in [1.54, 1.807) is 13.8 Å². The summed E-state index contributed by atoms with van der Waals surface area (Å²) in [6.45, 7) is 3.42. The third kappa shape index (κ3) is 4.28. The first-order chi connectivity index (χ1) is 17.1. The predicted molar refractivity (Wildman–Crippen MR) is 123 cm³/mol. The fraction of sp³-hybridized carbons (Fsp3) is 0.480. The molecule has 2 aliphatic rings. The molecule has 0 unspecified atom stereocenters. The van der Waals surface area contributed by atoms with Crippen LogP contribution in [-0.4, -0.2) is 27.6 Å². The topological polar surface area (TPSA) is 69.0 Å². The molecular weight excluding hydrogens is 483 g/mol. The smallest absolute Gasteiger partial charge is 0.295 e. The molecule has 1 atom stereocenters.